The van der Waals surface area contributed by atoms with Crippen LogP contribution in [0.4, 0.5) is 13.2 Å². The summed E-state index contributed by atoms with van der Waals surface area (Å²) in [7, 11) is 0. The van der Waals surface area contributed by atoms with E-state index < -0.39 is 6.36 Å². The first-order chi connectivity index (χ1) is 20.9. The van der Waals surface area contributed by atoms with Crippen LogP contribution < -0.4 is 4.74 Å². The smallest absolute Gasteiger partial charge is 0.406 e. The molecule has 3 heterocycles. The minimum Gasteiger partial charge on any atom is -0.406 e. The molecule has 6 rings (SSSR count). The summed E-state index contributed by atoms with van der Waals surface area (Å²) in [5, 5.41) is 9.96. The topological polar surface area (TPSA) is 69.2 Å². The predicted molar refractivity (Wildman–Crippen MR) is 158 cm³/mol. The molecule has 1 aliphatic rings. The van der Waals surface area contributed by atoms with E-state index in [0.717, 1.165) is 49.8 Å². The molecule has 0 spiro atoms. The Labute approximate surface area is 248 Å². The Morgan fingerprint density at radius 3 is 2.49 bits per heavy atom. The third kappa shape index (κ3) is 6.91. The average Bonchev–Trinajstić information content (AvgIpc) is 3.64. The Morgan fingerprint density at radius 2 is 1.72 bits per heavy atom. The van der Waals surface area contributed by atoms with E-state index in [1.807, 2.05) is 18.2 Å². The Balaban J connectivity index is 1.19. The highest BCUT2D eigenvalue weighted by Crippen LogP contribution is 2.33. The van der Waals surface area contributed by atoms with Crippen LogP contribution in [0.15, 0.2) is 77.3 Å². The van der Waals surface area contributed by atoms with E-state index in [2.05, 4.69) is 61.7 Å². The minimum absolute atomic E-state index is 0.185. The Hall–Kier alpha value is -4.18. The molecule has 0 saturated carbocycles. The van der Waals surface area contributed by atoms with Gasteiger partial charge in [-0.15, -0.1) is 13.2 Å². The van der Waals surface area contributed by atoms with Gasteiger partial charge in [0.15, 0.2) is 5.69 Å². The van der Waals surface area contributed by atoms with E-state index in [1.54, 1.807) is 0 Å². The van der Waals surface area contributed by atoms with Crippen LogP contribution in [-0.4, -0.2) is 44.3 Å². The molecule has 1 aliphatic heterocycles. The molecule has 2 aromatic heterocycles. The molecule has 0 radical (unpaired) electrons. The number of aryl methyl sites for hydroxylation is 1. The summed E-state index contributed by atoms with van der Waals surface area (Å²) >= 11 is 0. The first kappa shape index (κ1) is 28.9. The fourth-order valence-corrected chi connectivity index (χ4v) is 5.79. The molecule has 43 heavy (non-hydrogen) atoms. The molecule has 3 aromatic carbocycles. The quantitative estimate of drug-likeness (QED) is 0.153. The zero-order valence-corrected chi connectivity index (χ0v) is 24.1. The molecule has 0 N–H and O–H groups in total. The van der Waals surface area contributed by atoms with Crippen LogP contribution in [0.25, 0.3) is 33.9 Å². The third-order valence-electron chi connectivity index (χ3n) is 7.91. The number of aromatic nitrogens is 4. The lowest BCUT2D eigenvalue weighted by Gasteiger charge is -2.33. The van der Waals surface area contributed by atoms with Gasteiger partial charge in [0.2, 0.25) is 5.82 Å². The molecular weight excluding hydrogens is 555 g/mol. The van der Waals surface area contributed by atoms with Crippen molar-refractivity contribution in [3.05, 3.63) is 83.9 Å². The molecule has 1 atom stereocenters. The lowest BCUT2D eigenvalue weighted by Crippen LogP contribution is -2.36. The van der Waals surface area contributed by atoms with E-state index in [9.17, 15) is 13.2 Å². The SMILES string of the molecule is CCCCCc1ccc(CN2CCCC(n3nc(-c4nc(-c5ccc(OC(F)(F)F)cc5)no4)c4ccccc43)C2)cc1. The van der Waals surface area contributed by atoms with Gasteiger partial charge in [0.1, 0.15) is 5.75 Å². The summed E-state index contributed by atoms with van der Waals surface area (Å²) in [6.45, 7) is 5.05. The van der Waals surface area contributed by atoms with Gasteiger partial charge in [-0.1, -0.05) is 67.4 Å². The number of nitrogens with zero attached hydrogens (tertiary/aromatic N) is 5. The lowest BCUT2D eigenvalue weighted by atomic mass is 10.0. The monoisotopic (exact) mass is 589 g/mol. The van der Waals surface area contributed by atoms with Crippen LogP contribution in [0.3, 0.4) is 0 Å². The molecule has 1 fully saturated rings. The summed E-state index contributed by atoms with van der Waals surface area (Å²) in [6, 6.07) is 22.6. The van der Waals surface area contributed by atoms with Gasteiger partial charge >= 0.3 is 6.36 Å². The van der Waals surface area contributed by atoms with E-state index in [0.29, 0.717) is 11.3 Å². The standard InChI is InChI=1S/C33H34F3N5O2/c1-2-3-4-8-23-12-14-24(15-13-23)21-40-20-7-9-26(22-40)41-29-11-6-5-10-28(29)30(38-41)32-37-31(39-43-32)25-16-18-27(19-17-25)42-33(34,35)36/h5-6,10-19,26H,2-4,7-9,20-22H2,1H3. The second-order valence-corrected chi connectivity index (χ2v) is 11.1. The van der Waals surface area contributed by atoms with Crippen LogP contribution in [0.1, 0.15) is 56.2 Å². The number of benzene rings is 3. The second kappa shape index (κ2) is 12.6. The van der Waals surface area contributed by atoms with Crippen molar-refractivity contribution in [2.75, 3.05) is 13.1 Å². The highest BCUT2D eigenvalue weighted by Gasteiger charge is 2.31. The number of likely N-dealkylation sites (tertiary alicyclic amines) is 1. The number of piperidine rings is 1. The number of ether oxygens (including phenoxy) is 1. The van der Waals surface area contributed by atoms with Crippen molar-refractivity contribution in [3.8, 4) is 28.7 Å². The van der Waals surface area contributed by atoms with Gasteiger partial charge in [0.05, 0.1) is 11.6 Å². The van der Waals surface area contributed by atoms with Crippen molar-refractivity contribution >= 4 is 10.9 Å². The maximum atomic E-state index is 12.5. The third-order valence-corrected chi connectivity index (χ3v) is 7.91. The summed E-state index contributed by atoms with van der Waals surface area (Å²) in [4.78, 5) is 7.03. The normalized spacial score (nSPS) is 16.1. The zero-order valence-electron chi connectivity index (χ0n) is 24.1. The van der Waals surface area contributed by atoms with E-state index in [4.69, 9.17) is 9.62 Å². The molecule has 10 heteroatoms. The molecule has 0 bridgehead atoms. The van der Waals surface area contributed by atoms with Crippen molar-refractivity contribution in [2.24, 2.45) is 0 Å². The van der Waals surface area contributed by atoms with E-state index in [-0.39, 0.29) is 23.5 Å². The number of hydrogen-bond acceptors (Lipinski definition) is 6. The first-order valence-corrected chi connectivity index (χ1v) is 14.8. The highest BCUT2D eigenvalue weighted by molar-refractivity contribution is 5.91. The molecule has 5 aromatic rings. The van der Waals surface area contributed by atoms with E-state index in [1.165, 1.54) is 54.7 Å². The molecule has 7 nitrogen and oxygen atoms in total. The fourth-order valence-electron chi connectivity index (χ4n) is 5.79. The number of alkyl halides is 3. The molecule has 1 unspecified atom stereocenters. The van der Waals surface area contributed by atoms with Crippen molar-refractivity contribution < 1.29 is 22.4 Å². The van der Waals surface area contributed by atoms with Crippen molar-refractivity contribution in [1.82, 2.24) is 24.8 Å². The van der Waals surface area contributed by atoms with Gasteiger partial charge in [-0.2, -0.15) is 10.1 Å². The largest absolute Gasteiger partial charge is 0.573 e. The van der Waals surface area contributed by atoms with Gasteiger partial charge < -0.3 is 9.26 Å². The Morgan fingerprint density at radius 1 is 0.953 bits per heavy atom. The summed E-state index contributed by atoms with van der Waals surface area (Å²) < 4.78 is 49.2. The number of hydrogen-bond donors (Lipinski definition) is 0. The van der Waals surface area contributed by atoms with Gasteiger partial charge in [-0.25, -0.2) is 0 Å². The van der Waals surface area contributed by atoms with Crippen molar-refractivity contribution in [1.29, 1.82) is 0 Å². The number of fused-ring (bicyclic) bond motifs is 1. The number of unbranched alkanes of at least 4 members (excludes halogenated alkanes) is 2. The lowest BCUT2D eigenvalue weighted by molar-refractivity contribution is -0.274. The van der Waals surface area contributed by atoms with Crippen LogP contribution in [0, 0.1) is 0 Å². The van der Waals surface area contributed by atoms with Crippen LogP contribution in [0.2, 0.25) is 0 Å². The van der Waals surface area contributed by atoms with Crippen LogP contribution in [0.5, 0.6) is 5.75 Å². The zero-order chi connectivity index (χ0) is 29.8. The average molecular weight is 590 g/mol. The molecule has 0 aliphatic carbocycles. The summed E-state index contributed by atoms with van der Waals surface area (Å²) in [6.07, 6.45) is 2.21. The Kier molecular flexibility index (Phi) is 8.47. The Bertz CT molecular complexity index is 1640. The maximum absolute atomic E-state index is 12.5. The summed E-state index contributed by atoms with van der Waals surface area (Å²) in [5.41, 5.74) is 4.81. The van der Waals surface area contributed by atoms with Crippen molar-refractivity contribution in [3.63, 3.8) is 0 Å². The fraction of sp³-hybridized carbons (Fsp3) is 0.364. The number of rotatable bonds is 10. The number of para-hydroxylation sites is 1. The maximum Gasteiger partial charge on any atom is 0.573 e. The van der Waals surface area contributed by atoms with Gasteiger partial charge in [0.25, 0.3) is 5.89 Å². The number of halogens is 3. The van der Waals surface area contributed by atoms with E-state index >= 15 is 0 Å². The summed E-state index contributed by atoms with van der Waals surface area (Å²) in [5.74, 6) is 0.199. The molecule has 224 valence electrons. The molecule has 1 saturated heterocycles. The van der Waals surface area contributed by atoms with Gasteiger partial charge in [0, 0.05) is 24.0 Å². The van der Waals surface area contributed by atoms with Crippen LogP contribution in [-0.2, 0) is 13.0 Å². The molecular formula is C33H34F3N5O2. The van der Waals surface area contributed by atoms with Crippen molar-refractivity contribution in [2.45, 2.75) is 64.4 Å². The minimum atomic E-state index is -4.75. The first-order valence-electron chi connectivity index (χ1n) is 14.8. The second-order valence-electron chi connectivity index (χ2n) is 11.1. The van der Waals surface area contributed by atoms with Crippen LogP contribution >= 0.6 is 0 Å². The van der Waals surface area contributed by atoms with Gasteiger partial charge in [-0.05, 0) is 73.7 Å². The molecule has 0 amide bonds. The van der Waals surface area contributed by atoms with Gasteiger partial charge in [-0.3, -0.25) is 9.58 Å². The predicted octanol–water partition coefficient (Wildman–Crippen LogP) is 8.22. The highest BCUT2D eigenvalue weighted by atomic mass is 19.4.